The lowest BCUT2D eigenvalue weighted by Gasteiger charge is -2.39. The summed E-state index contributed by atoms with van der Waals surface area (Å²) < 4.78 is 5.90. The van der Waals surface area contributed by atoms with Gasteiger partial charge in [-0.2, -0.15) is 0 Å². The highest BCUT2D eigenvalue weighted by Crippen LogP contribution is 2.31. The molecule has 0 N–H and O–H groups in total. The summed E-state index contributed by atoms with van der Waals surface area (Å²) in [5.41, 5.74) is 0.00899. The molecule has 0 saturated heterocycles. The van der Waals surface area contributed by atoms with Crippen LogP contribution in [0.5, 0.6) is 0 Å². The van der Waals surface area contributed by atoms with Crippen molar-refractivity contribution >= 4 is 0 Å². The van der Waals surface area contributed by atoms with Gasteiger partial charge in [0, 0.05) is 13.2 Å². The summed E-state index contributed by atoms with van der Waals surface area (Å²) in [5, 5.41) is 0. The van der Waals surface area contributed by atoms with Crippen LogP contribution >= 0.6 is 0 Å². The third-order valence-corrected chi connectivity index (χ3v) is 4.82. The highest BCUT2D eigenvalue weighted by Gasteiger charge is 2.33. The summed E-state index contributed by atoms with van der Waals surface area (Å²) in [6.45, 7) is 12.7. The second kappa shape index (κ2) is 9.77. The molecule has 0 rings (SSSR count). The molecule has 0 aliphatic heterocycles. The molecule has 0 aromatic rings. The summed E-state index contributed by atoms with van der Waals surface area (Å²) in [6.07, 6.45) is 7.53. The van der Waals surface area contributed by atoms with Crippen LogP contribution in [0, 0.1) is 5.92 Å². The number of ether oxygens (including phenoxy) is 1. The Morgan fingerprint density at radius 1 is 1.11 bits per heavy atom. The first-order chi connectivity index (χ1) is 8.91. The van der Waals surface area contributed by atoms with Crippen LogP contribution in [0.2, 0.25) is 0 Å². The van der Waals surface area contributed by atoms with Crippen LogP contribution in [0.1, 0.15) is 73.1 Å². The molecule has 3 atom stereocenters. The predicted octanol–water partition coefficient (Wildman–Crippen LogP) is 4.73. The third kappa shape index (κ3) is 6.76. The lowest BCUT2D eigenvalue weighted by atomic mass is 9.81. The van der Waals surface area contributed by atoms with Crippen LogP contribution in [0.15, 0.2) is 0 Å². The number of unbranched alkanes of at least 4 members (excludes halogenated alkanes) is 2. The van der Waals surface area contributed by atoms with E-state index in [1.165, 1.54) is 38.6 Å². The summed E-state index contributed by atoms with van der Waals surface area (Å²) >= 11 is 0. The second-order valence-corrected chi connectivity index (χ2v) is 6.45. The molecule has 0 amide bonds. The van der Waals surface area contributed by atoms with Gasteiger partial charge in [-0.15, -0.1) is 0 Å². The van der Waals surface area contributed by atoms with Crippen molar-refractivity contribution in [2.45, 2.75) is 84.8 Å². The van der Waals surface area contributed by atoms with Gasteiger partial charge in [0.1, 0.15) is 0 Å². The van der Waals surface area contributed by atoms with Gasteiger partial charge >= 0.3 is 0 Å². The van der Waals surface area contributed by atoms with E-state index < -0.39 is 0 Å². The van der Waals surface area contributed by atoms with Crippen molar-refractivity contribution in [1.82, 2.24) is 4.90 Å². The Kier molecular flexibility index (Phi) is 9.72. The Morgan fingerprint density at radius 2 is 1.68 bits per heavy atom. The van der Waals surface area contributed by atoms with E-state index in [-0.39, 0.29) is 5.60 Å². The topological polar surface area (TPSA) is 12.5 Å². The quantitative estimate of drug-likeness (QED) is 0.539. The predicted molar refractivity (Wildman–Crippen MR) is 85.7 cm³/mol. The molecule has 0 spiro atoms. The van der Waals surface area contributed by atoms with Gasteiger partial charge in [-0.05, 0) is 52.6 Å². The van der Waals surface area contributed by atoms with Crippen LogP contribution in [0.4, 0.5) is 0 Å². The Balaban J connectivity index is 4.41. The number of methoxy groups -OCH3 is 1. The van der Waals surface area contributed by atoms with Gasteiger partial charge in [0.15, 0.2) is 0 Å². The van der Waals surface area contributed by atoms with E-state index in [2.05, 4.69) is 46.6 Å². The number of hydrogen-bond acceptors (Lipinski definition) is 2. The van der Waals surface area contributed by atoms with Gasteiger partial charge in [-0.3, -0.25) is 0 Å². The first-order valence-corrected chi connectivity index (χ1v) is 8.16. The minimum absolute atomic E-state index is 0.00899. The van der Waals surface area contributed by atoms with Gasteiger partial charge < -0.3 is 9.64 Å². The normalized spacial score (nSPS) is 18.3. The second-order valence-electron chi connectivity index (χ2n) is 6.45. The van der Waals surface area contributed by atoms with Gasteiger partial charge in [-0.25, -0.2) is 0 Å². The zero-order chi connectivity index (χ0) is 14.9. The molecule has 116 valence electrons. The molecule has 3 unspecified atom stereocenters. The number of rotatable bonds is 11. The minimum atomic E-state index is 0.00899. The van der Waals surface area contributed by atoms with Crippen LogP contribution in [-0.4, -0.2) is 37.2 Å². The van der Waals surface area contributed by atoms with E-state index >= 15 is 0 Å². The highest BCUT2D eigenvalue weighted by molar-refractivity contribution is 4.85. The van der Waals surface area contributed by atoms with Gasteiger partial charge in [-0.1, -0.05) is 40.0 Å². The van der Waals surface area contributed by atoms with Gasteiger partial charge in [0.2, 0.25) is 0 Å². The maximum Gasteiger partial charge on any atom is 0.0690 e. The van der Waals surface area contributed by atoms with E-state index in [1.807, 2.05) is 7.11 Å². The average Bonchev–Trinajstić information content (AvgIpc) is 2.41. The van der Waals surface area contributed by atoms with Crippen molar-refractivity contribution in [3.8, 4) is 0 Å². The molecule has 0 bridgehead atoms. The van der Waals surface area contributed by atoms with Gasteiger partial charge in [0.25, 0.3) is 0 Å². The summed E-state index contributed by atoms with van der Waals surface area (Å²) in [4.78, 5) is 2.48. The Bertz CT molecular complexity index is 219. The molecular formula is C17H37NO. The van der Waals surface area contributed by atoms with Crippen molar-refractivity contribution < 1.29 is 4.74 Å². The van der Waals surface area contributed by atoms with Crippen LogP contribution in [0.25, 0.3) is 0 Å². The maximum atomic E-state index is 5.90. The maximum absolute atomic E-state index is 5.90. The Labute approximate surface area is 121 Å². The van der Waals surface area contributed by atoms with E-state index in [0.29, 0.717) is 12.0 Å². The number of nitrogens with zero attached hydrogens (tertiary/aromatic N) is 1. The lowest BCUT2D eigenvalue weighted by molar-refractivity contribution is -0.0609. The molecular weight excluding hydrogens is 234 g/mol. The van der Waals surface area contributed by atoms with Crippen molar-refractivity contribution in [1.29, 1.82) is 0 Å². The Morgan fingerprint density at radius 3 is 2.16 bits per heavy atom. The largest absolute Gasteiger partial charge is 0.378 e. The molecule has 19 heavy (non-hydrogen) atoms. The van der Waals surface area contributed by atoms with E-state index in [9.17, 15) is 0 Å². The third-order valence-electron chi connectivity index (χ3n) is 4.82. The minimum Gasteiger partial charge on any atom is -0.378 e. The molecule has 0 aromatic carbocycles. The lowest BCUT2D eigenvalue weighted by Crippen LogP contribution is -2.43. The highest BCUT2D eigenvalue weighted by atomic mass is 16.5. The zero-order valence-electron chi connectivity index (χ0n) is 14.5. The summed E-state index contributed by atoms with van der Waals surface area (Å²) in [6, 6.07) is 0.584. The first kappa shape index (κ1) is 18.9. The molecule has 0 saturated carbocycles. The molecule has 2 nitrogen and oxygen atoms in total. The first-order valence-electron chi connectivity index (χ1n) is 8.16. The molecule has 0 aromatic heterocycles. The molecule has 2 heteroatoms. The molecule has 0 fully saturated rings. The van der Waals surface area contributed by atoms with Crippen molar-refractivity contribution in [3.05, 3.63) is 0 Å². The average molecular weight is 271 g/mol. The van der Waals surface area contributed by atoms with E-state index in [0.717, 1.165) is 6.42 Å². The molecule has 0 heterocycles. The molecule has 0 radical (unpaired) electrons. The molecule has 0 aliphatic carbocycles. The van der Waals surface area contributed by atoms with Crippen LogP contribution in [0.3, 0.4) is 0 Å². The standard InChI is InChI=1S/C17H37NO/c1-8-10-12-15(3)17(5,19-7)14-16(4)18(6)13-11-9-2/h15-16H,8-14H2,1-7H3. The zero-order valence-corrected chi connectivity index (χ0v) is 14.5. The Hall–Kier alpha value is -0.0800. The molecule has 0 aliphatic rings. The monoisotopic (exact) mass is 271 g/mol. The van der Waals surface area contributed by atoms with E-state index in [1.54, 1.807) is 0 Å². The smallest absolute Gasteiger partial charge is 0.0690 e. The van der Waals surface area contributed by atoms with Crippen LogP contribution < -0.4 is 0 Å². The van der Waals surface area contributed by atoms with Crippen molar-refractivity contribution in [2.24, 2.45) is 5.92 Å². The van der Waals surface area contributed by atoms with Crippen molar-refractivity contribution in [3.63, 3.8) is 0 Å². The fourth-order valence-electron chi connectivity index (χ4n) is 2.67. The summed E-state index contributed by atoms with van der Waals surface area (Å²) in [7, 11) is 4.12. The number of hydrogen-bond donors (Lipinski definition) is 0. The summed E-state index contributed by atoms with van der Waals surface area (Å²) in [5.74, 6) is 0.625. The van der Waals surface area contributed by atoms with Crippen molar-refractivity contribution in [2.75, 3.05) is 20.7 Å². The fourth-order valence-corrected chi connectivity index (χ4v) is 2.67. The SMILES string of the molecule is CCCCC(C)C(C)(CC(C)N(C)CCCC)OC. The van der Waals surface area contributed by atoms with Gasteiger partial charge in [0.05, 0.1) is 5.60 Å². The van der Waals surface area contributed by atoms with E-state index in [4.69, 9.17) is 4.74 Å². The fraction of sp³-hybridized carbons (Fsp3) is 1.00. The van der Waals surface area contributed by atoms with Crippen LogP contribution in [-0.2, 0) is 4.74 Å².